The fourth-order valence-corrected chi connectivity index (χ4v) is 4.05. The Labute approximate surface area is 149 Å². The van der Waals surface area contributed by atoms with Gasteiger partial charge in [-0.25, -0.2) is 8.42 Å². The third-order valence-corrected chi connectivity index (χ3v) is 5.49. The summed E-state index contributed by atoms with van der Waals surface area (Å²) in [6.07, 6.45) is 2.29. The van der Waals surface area contributed by atoms with E-state index >= 15 is 0 Å². The Morgan fingerprint density at radius 3 is 2.76 bits per heavy atom. The fraction of sp³-hybridized carbons (Fsp3) is 0.0625. The van der Waals surface area contributed by atoms with Gasteiger partial charge in [0.2, 0.25) is 10.0 Å². The second-order valence-electron chi connectivity index (χ2n) is 5.48. The number of hydrogen-bond donors (Lipinski definition) is 3. The lowest BCUT2D eigenvalue weighted by molar-refractivity contribution is 0.554. The molecule has 0 spiro atoms. The van der Waals surface area contributed by atoms with Gasteiger partial charge < -0.3 is 4.98 Å². The molecule has 4 rings (SSSR count). The molecule has 0 amide bonds. The molecule has 1 aromatic heterocycles. The van der Waals surface area contributed by atoms with Gasteiger partial charge in [0.25, 0.3) is 0 Å². The molecular weight excluding hydrogens is 362 g/mol. The molecule has 3 aromatic rings. The number of benzene rings is 2. The molecule has 0 radical (unpaired) electrons. The van der Waals surface area contributed by atoms with Crippen LogP contribution < -0.4 is 15.3 Å². The zero-order valence-corrected chi connectivity index (χ0v) is 14.4. The molecule has 0 bridgehead atoms. The van der Waals surface area contributed by atoms with Crippen molar-refractivity contribution in [1.82, 2.24) is 15.1 Å². The molecule has 2 heterocycles. The third-order valence-electron chi connectivity index (χ3n) is 3.77. The van der Waals surface area contributed by atoms with E-state index in [4.69, 9.17) is 11.6 Å². The zero-order valence-electron chi connectivity index (χ0n) is 12.8. The highest BCUT2D eigenvalue weighted by Crippen LogP contribution is 2.25. The molecule has 7 nitrogen and oxygen atoms in total. The number of nitrogens with zero attached hydrogens (tertiary/aromatic N) is 2. The predicted molar refractivity (Wildman–Crippen MR) is 98.0 cm³/mol. The fourth-order valence-electron chi connectivity index (χ4n) is 2.62. The van der Waals surface area contributed by atoms with Gasteiger partial charge in [-0.1, -0.05) is 29.8 Å². The maximum absolute atomic E-state index is 12.7. The summed E-state index contributed by atoms with van der Waals surface area (Å²) >= 11 is 5.94. The molecule has 0 aliphatic carbocycles. The van der Waals surface area contributed by atoms with Crippen LogP contribution in [0.3, 0.4) is 0 Å². The van der Waals surface area contributed by atoms with Gasteiger partial charge in [-0.3, -0.25) is 0 Å². The number of hydrazone groups is 1. The van der Waals surface area contributed by atoms with E-state index < -0.39 is 16.2 Å². The summed E-state index contributed by atoms with van der Waals surface area (Å²) < 4.78 is 28.0. The van der Waals surface area contributed by atoms with Crippen LogP contribution in [0.2, 0.25) is 5.02 Å². The van der Waals surface area contributed by atoms with Crippen LogP contribution in [0.4, 0.5) is 5.69 Å². The van der Waals surface area contributed by atoms with Crippen LogP contribution in [-0.4, -0.2) is 25.8 Å². The van der Waals surface area contributed by atoms with Gasteiger partial charge in [-0.05, 0) is 30.3 Å². The first-order chi connectivity index (χ1) is 12.0. The van der Waals surface area contributed by atoms with Crippen LogP contribution in [-0.2, 0) is 10.0 Å². The van der Waals surface area contributed by atoms with Crippen molar-refractivity contribution in [3.8, 4) is 0 Å². The normalized spacial score (nSPS) is 17.5. The minimum atomic E-state index is -3.75. The molecule has 2 aromatic carbocycles. The van der Waals surface area contributed by atoms with Gasteiger partial charge in [-0.15, -0.1) is 0 Å². The molecule has 1 atom stereocenters. The van der Waals surface area contributed by atoms with E-state index in [1.165, 1.54) is 17.5 Å². The first-order valence-corrected chi connectivity index (χ1v) is 9.33. The molecule has 0 fully saturated rings. The smallest absolute Gasteiger partial charge is 0.244 e. The zero-order chi connectivity index (χ0) is 17.4. The second kappa shape index (κ2) is 6.16. The largest absolute Gasteiger partial charge is 0.360 e. The van der Waals surface area contributed by atoms with E-state index in [1.54, 1.807) is 18.2 Å². The van der Waals surface area contributed by atoms with Crippen LogP contribution >= 0.6 is 11.6 Å². The van der Waals surface area contributed by atoms with Gasteiger partial charge in [0.15, 0.2) is 0 Å². The number of aromatic nitrogens is 1. The summed E-state index contributed by atoms with van der Waals surface area (Å²) in [7, 11) is -3.75. The molecule has 1 unspecified atom stereocenters. The Hall–Kier alpha value is -2.39. The second-order valence-corrected chi connectivity index (χ2v) is 7.60. The number of halogens is 1. The summed E-state index contributed by atoms with van der Waals surface area (Å²) in [6, 6.07) is 14.4. The highest BCUT2D eigenvalue weighted by atomic mass is 35.5. The summed E-state index contributed by atoms with van der Waals surface area (Å²) in [6.45, 7) is 0. The number of para-hydroxylation sites is 1. The monoisotopic (exact) mass is 375 g/mol. The van der Waals surface area contributed by atoms with Gasteiger partial charge in [0, 0.05) is 22.1 Å². The average molecular weight is 376 g/mol. The third kappa shape index (κ3) is 3.12. The SMILES string of the molecule is O=S(=O)(NC1C=NN(c2ccccc2)N1)c1c[nH]c2cc(Cl)ccc12. The quantitative estimate of drug-likeness (QED) is 0.653. The Bertz CT molecular complexity index is 1050. The number of anilines is 1. The minimum Gasteiger partial charge on any atom is -0.360 e. The lowest BCUT2D eigenvalue weighted by Crippen LogP contribution is -2.47. The van der Waals surface area contributed by atoms with Gasteiger partial charge in [0.1, 0.15) is 11.1 Å². The first-order valence-electron chi connectivity index (χ1n) is 7.47. The highest BCUT2D eigenvalue weighted by Gasteiger charge is 2.26. The molecule has 1 aliphatic heterocycles. The molecule has 0 saturated heterocycles. The van der Waals surface area contributed by atoms with Crippen molar-refractivity contribution in [1.29, 1.82) is 0 Å². The first kappa shape index (κ1) is 16.1. The Morgan fingerprint density at radius 1 is 1.16 bits per heavy atom. The Morgan fingerprint density at radius 2 is 1.96 bits per heavy atom. The number of hydrogen-bond acceptors (Lipinski definition) is 5. The van der Waals surface area contributed by atoms with Gasteiger partial charge in [-0.2, -0.15) is 20.4 Å². The molecule has 128 valence electrons. The Balaban J connectivity index is 1.55. The van der Waals surface area contributed by atoms with E-state index in [-0.39, 0.29) is 4.90 Å². The van der Waals surface area contributed by atoms with Gasteiger partial charge in [0.05, 0.1) is 11.9 Å². The van der Waals surface area contributed by atoms with Crippen LogP contribution in [0.5, 0.6) is 0 Å². The van der Waals surface area contributed by atoms with Crippen molar-refractivity contribution >= 4 is 44.4 Å². The molecule has 0 saturated carbocycles. The molecule has 1 aliphatic rings. The van der Waals surface area contributed by atoms with Crippen LogP contribution in [0.15, 0.2) is 64.7 Å². The van der Waals surface area contributed by atoms with Crippen molar-refractivity contribution in [2.45, 2.75) is 11.1 Å². The van der Waals surface area contributed by atoms with E-state index in [0.29, 0.717) is 15.9 Å². The molecule has 3 N–H and O–H groups in total. The van der Waals surface area contributed by atoms with E-state index in [0.717, 1.165) is 5.69 Å². The van der Waals surface area contributed by atoms with E-state index in [9.17, 15) is 8.42 Å². The molecular formula is C16H14ClN5O2S. The van der Waals surface area contributed by atoms with Crippen molar-refractivity contribution < 1.29 is 8.42 Å². The number of fused-ring (bicyclic) bond motifs is 1. The minimum absolute atomic E-state index is 0.160. The van der Waals surface area contributed by atoms with Crippen molar-refractivity contribution in [2.24, 2.45) is 5.10 Å². The predicted octanol–water partition coefficient (Wildman–Crippen LogP) is 2.44. The van der Waals surface area contributed by atoms with Crippen molar-refractivity contribution in [2.75, 3.05) is 5.12 Å². The molecule has 25 heavy (non-hydrogen) atoms. The van der Waals surface area contributed by atoms with Crippen molar-refractivity contribution in [3.05, 3.63) is 59.8 Å². The number of rotatable bonds is 4. The van der Waals surface area contributed by atoms with Crippen LogP contribution in [0, 0.1) is 0 Å². The summed E-state index contributed by atoms with van der Waals surface area (Å²) in [4.78, 5) is 3.09. The standard InChI is InChI=1S/C16H14ClN5O2S/c17-11-6-7-13-14(8-11)18-9-15(13)25(23,24)21-16-10-19-22(20-16)12-4-2-1-3-5-12/h1-10,16,18,20-21H. The van der Waals surface area contributed by atoms with Crippen LogP contribution in [0.25, 0.3) is 10.9 Å². The van der Waals surface area contributed by atoms with Crippen molar-refractivity contribution in [3.63, 3.8) is 0 Å². The van der Waals surface area contributed by atoms with E-state index in [2.05, 4.69) is 20.2 Å². The molecule has 9 heteroatoms. The maximum atomic E-state index is 12.7. The number of hydrazine groups is 1. The summed E-state index contributed by atoms with van der Waals surface area (Å²) in [5.41, 5.74) is 4.44. The topological polar surface area (TPSA) is 89.6 Å². The number of sulfonamides is 1. The Kier molecular flexibility index (Phi) is 3.97. The van der Waals surface area contributed by atoms with Gasteiger partial charge >= 0.3 is 0 Å². The lowest BCUT2D eigenvalue weighted by Gasteiger charge is -2.17. The summed E-state index contributed by atoms with van der Waals surface area (Å²) in [5, 5.41) is 6.80. The summed E-state index contributed by atoms with van der Waals surface area (Å²) in [5.74, 6) is 0. The maximum Gasteiger partial charge on any atom is 0.244 e. The average Bonchev–Trinajstić information content (AvgIpc) is 3.22. The highest BCUT2D eigenvalue weighted by molar-refractivity contribution is 7.89. The number of aromatic amines is 1. The van der Waals surface area contributed by atoms with Crippen LogP contribution in [0.1, 0.15) is 0 Å². The number of H-pyrrole nitrogens is 1. The number of nitrogens with one attached hydrogen (secondary N) is 3. The van der Waals surface area contributed by atoms with E-state index in [1.807, 2.05) is 30.3 Å². The lowest BCUT2D eigenvalue weighted by atomic mass is 10.2.